The Morgan fingerprint density at radius 1 is 0.786 bits per heavy atom. The third-order valence-electron chi connectivity index (χ3n) is 4.40. The maximum atomic E-state index is 11.5. The molecule has 0 aliphatic rings. The highest BCUT2D eigenvalue weighted by Gasteiger charge is 2.53. The number of nitrogen functional groups attached to an aromatic ring is 1. The van der Waals surface area contributed by atoms with Crippen LogP contribution in [0.4, 0.5) is 5.69 Å². The summed E-state index contributed by atoms with van der Waals surface area (Å²) in [4.78, 5) is 45.6. The zero-order valence-electron chi connectivity index (χ0n) is 14.9. The van der Waals surface area contributed by atoms with E-state index in [0.717, 1.165) is 0 Å². The third kappa shape index (κ3) is 6.21. The summed E-state index contributed by atoms with van der Waals surface area (Å²) in [6.07, 6.45) is -3.69. The minimum Gasteiger partial charge on any atom is -0.481 e. The number of nitrogens with two attached hydrogens (primary N) is 2. The fraction of sp³-hybridized carbons (Fsp3) is 0.412. The van der Waals surface area contributed by atoms with Gasteiger partial charge < -0.3 is 37.2 Å². The molecule has 1 aromatic carbocycles. The maximum absolute atomic E-state index is 11.5. The maximum Gasteiger partial charge on any atom is 0.305 e. The van der Waals surface area contributed by atoms with E-state index in [0.29, 0.717) is 11.3 Å². The average Bonchev–Trinajstić information content (AvgIpc) is 2.51. The largest absolute Gasteiger partial charge is 0.481 e. The van der Waals surface area contributed by atoms with Crippen molar-refractivity contribution in [3.63, 3.8) is 0 Å². The molecule has 0 aromatic heterocycles. The van der Waals surface area contributed by atoms with Crippen LogP contribution in [0, 0.1) is 0 Å². The van der Waals surface area contributed by atoms with E-state index in [1.54, 1.807) is 24.3 Å². The second-order valence-electron chi connectivity index (χ2n) is 6.62. The standard InChI is InChI=1S/C17H23N3O8/c18-11-3-1-10(2-4-11)9-20-17(7-14(25)26,8-15(27)28)16(19,5-12(21)22)6-13(23)24/h1-4,20H,5-9,18-19H2,(H,21,22)(H,23,24)(H,25,26)(H,27,28). The summed E-state index contributed by atoms with van der Waals surface area (Å²) in [5, 5.41) is 39.8. The van der Waals surface area contributed by atoms with E-state index in [9.17, 15) is 39.6 Å². The van der Waals surface area contributed by atoms with Gasteiger partial charge in [0.15, 0.2) is 0 Å². The molecule has 0 bridgehead atoms. The van der Waals surface area contributed by atoms with Crippen LogP contribution in [0.1, 0.15) is 31.2 Å². The summed E-state index contributed by atoms with van der Waals surface area (Å²) < 4.78 is 0. The molecule has 0 saturated carbocycles. The van der Waals surface area contributed by atoms with E-state index >= 15 is 0 Å². The van der Waals surface area contributed by atoms with Gasteiger partial charge in [0.2, 0.25) is 0 Å². The third-order valence-corrected chi connectivity index (χ3v) is 4.40. The minimum absolute atomic E-state index is 0.0843. The molecule has 0 spiro atoms. The highest BCUT2D eigenvalue weighted by Crippen LogP contribution is 2.34. The lowest BCUT2D eigenvalue weighted by Gasteiger charge is -2.46. The molecule has 28 heavy (non-hydrogen) atoms. The Labute approximate surface area is 159 Å². The molecule has 0 aliphatic carbocycles. The van der Waals surface area contributed by atoms with Crippen molar-refractivity contribution in [2.75, 3.05) is 5.73 Å². The van der Waals surface area contributed by atoms with Crippen LogP contribution < -0.4 is 16.8 Å². The minimum atomic E-state index is -2.20. The number of hydrogen-bond donors (Lipinski definition) is 7. The molecule has 11 nitrogen and oxygen atoms in total. The van der Waals surface area contributed by atoms with E-state index in [4.69, 9.17) is 11.5 Å². The Hall–Kier alpha value is -3.18. The summed E-state index contributed by atoms with van der Waals surface area (Å²) in [6.45, 7) is -0.0843. The summed E-state index contributed by atoms with van der Waals surface area (Å²) in [6, 6.07) is 6.33. The molecular formula is C17H23N3O8. The van der Waals surface area contributed by atoms with Crippen molar-refractivity contribution >= 4 is 29.6 Å². The number of benzene rings is 1. The number of anilines is 1. The van der Waals surface area contributed by atoms with Crippen LogP contribution in [-0.4, -0.2) is 55.4 Å². The number of rotatable bonds is 12. The fourth-order valence-corrected chi connectivity index (χ4v) is 3.08. The van der Waals surface area contributed by atoms with Crippen LogP contribution >= 0.6 is 0 Å². The van der Waals surface area contributed by atoms with Crippen molar-refractivity contribution in [1.29, 1.82) is 0 Å². The Morgan fingerprint density at radius 2 is 1.18 bits per heavy atom. The van der Waals surface area contributed by atoms with E-state index in [1.165, 1.54) is 0 Å². The monoisotopic (exact) mass is 397 g/mol. The zero-order valence-corrected chi connectivity index (χ0v) is 14.9. The van der Waals surface area contributed by atoms with Crippen molar-refractivity contribution in [3.8, 4) is 0 Å². The lowest BCUT2D eigenvalue weighted by molar-refractivity contribution is -0.151. The SMILES string of the molecule is Nc1ccc(CNC(CC(=O)O)(CC(=O)O)C(N)(CC(=O)O)CC(=O)O)cc1. The van der Waals surface area contributed by atoms with Gasteiger partial charge in [-0.25, -0.2) is 0 Å². The number of aliphatic carboxylic acids is 4. The molecular weight excluding hydrogens is 374 g/mol. The predicted molar refractivity (Wildman–Crippen MR) is 96.4 cm³/mol. The first-order valence-electron chi connectivity index (χ1n) is 8.15. The van der Waals surface area contributed by atoms with Gasteiger partial charge in [-0.3, -0.25) is 19.2 Å². The summed E-state index contributed by atoms with van der Waals surface area (Å²) in [5.41, 5.74) is 8.49. The van der Waals surface area contributed by atoms with E-state index < -0.39 is 60.6 Å². The van der Waals surface area contributed by atoms with Crippen LogP contribution in [0.5, 0.6) is 0 Å². The van der Waals surface area contributed by atoms with Crippen molar-refractivity contribution in [1.82, 2.24) is 5.32 Å². The van der Waals surface area contributed by atoms with Gasteiger partial charge in [0.05, 0.1) is 36.8 Å². The molecule has 11 heteroatoms. The number of carboxylic acid groups (broad SMARTS) is 4. The Kier molecular flexibility index (Phi) is 7.47. The molecule has 0 atom stereocenters. The highest BCUT2D eigenvalue weighted by atomic mass is 16.4. The average molecular weight is 397 g/mol. The summed E-state index contributed by atoms with van der Waals surface area (Å²) in [5.74, 6) is -5.90. The van der Waals surface area contributed by atoms with Crippen molar-refractivity contribution in [2.45, 2.75) is 43.3 Å². The smallest absolute Gasteiger partial charge is 0.305 e. The molecule has 154 valence electrons. The molecule has 0 radical (unpaired) electrons. The normalized spacial score (nSPS) is 11.8. The number of nitrogens with one attached hydrogen (secondary N) is 1. The molecule has 0 heterocycles. The Balaban J connectivity index is 3.43. The Bertz CT molecular complexity index is 715. The summed E-state index contributed by atoms with van der Waals surface area (Å²) in [7, 11) is 0. The van der Waals surface area contributed by atoms with E-state index in [1.807, 2.05) is 0 Å². The molecule has 1 aromatic rings. The van der Waals surface area contributed by atoms with Gasteiger partial charge in [-0.2, -0.15) is 0 Å². The van der Waals surface area contributed by atoms with Crippen LogP contribution in [-0.2, 0) is 25.7 Å². The van der Waals surface area contributed by atoms with Gasteiger partial charge in [0, 0.05) is 12.2 Å². The molecule has 0 aliphatic heterocycles. The van der Waals surface area contributed by atoms with Gasteiger partial charge in [-0.05, 0) is 17.7 Å². The second-order valence-corrected chi connectivity index (χ2v) is 6.62. The van der Waals surface area contributed by atoms with Crippen molar-refractivity contribution in [2.24, 2.45) is 5.73 Å². The quantitative estimate of drug-likeness (QED) is 0.227. The van der Waals surface area contributed by atoms with Gasteiger partial charge >= 0.3 is 23.9 Å². The second kappa shape index (κ2) is 9.15. The lowest BCUT2D eigenvalue weighted by Crippen LogP contribution is -2.70. The van der Waals surface area contributed by atoms with Gasteiger partial charge in [-0.1, -0.05) is 12.1 Å². The molecule has 0 amide bonds. The van der Waals surface area contributed by atoms with E-state index in [-0.39, 0.29) is 6.54 Å². The topological polar surface area (TPSA) is 213 Å². The van der Waals surface area contributed by atoms with E-state index in [2.05, 4.69) is 5.32 Å². The molecule has 0 fully saturated rings. The molecule has 0 unspecified atom stereocenters. The van der Waals surface area contributed by atoms with Crippen LogP contribution in [0.25, 0.3) is 0 Å². The van der Waals surface area contributed by atoms with Gasteiger partial charge in [0.25, 0.3) is 0 Å². The van der Waals surface area contributed by atoms with Crippen LogP contribution in [0.2, 0.25) is 0 Å². The first-order valence-corrected chi connectivity index (χ1v) is 8.15. The molecule has 1 rings (SSSR count). The lowest BCUT2D eigenvalue weighted by atomic mass is 9.68. The summed E-state index contributed by atoms with van der Waals surface area (Å²) >= 11 is 0. The van der Waals surface area contributed by atoms with Gasteiger partial charge in [0.1, 0.15) is 0 Å². The number of carboxylic acids is 4. The zero-order chi connectivity index (χ0) is 21.5. The van der Waals surface area contributed by atoms with Crippen LogP contribution in [0.15, 0.2) is 24.3 Å². The fourth-order valence-electron chi connectivity index (χ4n) is 3.08. The highest BCUT2D eigenvalue weighted by molar-refractivity contribution is 5.78. The van der Waals surface area contributed by atoms with Crippen LogP contribution in [0.3, 0.4) is 0 Å². The predicted octanol–water partition coefficient (Wildman–Crippen LogP) is -0.306. The number of carbonyl (C=O) groups is 4. The van der Waals surface area contributed by atoms with Crippen molar-refractivity contribution in [3.05, 3.63) is 29.8 Å². The number of hydrogen-bond acceptors (Lipinski definition) is 7. The molecule has 9 N–H and O–H groups in total. The van der Waals surface area contributed by atoms with Gasteiger partial charge in [-0.15, -0.1) is 0 Å². The molecule has 0 saturated heterocycles. The van der Waals surface area contributed by atoms with Crippen molar-refractivity contribution < 1.29 is 39.6 Å². The first-order chi connectivity index (χ1) is 12.9. The Morgan fingerprint density at radius 3 is 1.54 bits per heavy atom. The first kappa shape index (κ1) is 22.9.